The fourth-order valence-electron chi connectivity index (χ4n) is 3.87. The lowest BCUT2D eigenvalue weighted by Gasteiger charge is -2.33. The number of rotatable bonds is 7. The van der Waals surface area contributed by atoms with Crippen molar-refractivity contribution >= 4 is 17.7 Å². The summed E-state index contributed by atoms with van der Waals surface area (Å²) < 4.78 is 11.0. The number of Topliss-reactive ketones (excluding diaryl/α,β-unsaturated/α-hetero) is 1. The first-order valence-electron chi connectivity index (χ1n) is 9.25. The Labute approximate surface area is 158 Å². The largest absolute Gasteiger partial charge is 0.494 e. The van der Waals surface area contributed by atoms with Crippen molar-refractivity contribution < 1.29 is 29.0 Å². The van der Waals surface area contributed by atoms with Gasteiger partial charge >= 0.3 is 5.97 Å². The van der Waals surface area contributed by atoms with Crippen LogP contribution in [0, 0.1) is 11.3 Å². The van der Waals surface area contributed by atoms with E-state index in [0.717, 1.165) is 0 Å². The standard InChI is InChI=1S/C20H25NO6/c1-14(22)15-4-2-5-17(10-15)27-8-3-6-18(23)21-11-16-12-26-9-7-20(16,13-21)19(24)25/h2,4-5,10,16H,3,6-9,11-13H2,1H3,(H,24,25)/t16-,20+/m0/s1. The van der Waals surface area contributed by atoms with Crippen molar-refractivity contribution in [2.45, 2.75) is 26.2 Å². The molecule has 2 saturated heterocycles. The summed E-state index contributed by atoms with van der Waals surface area (Å²) in [5.74, 6) is -0.448. The molecule has 2 aliphatic heterocycles. The molecule has 1 aromatic carbocycles. The second-order valence-electron chi connectivity index (χ2n) is 7.29. The molecule has 0 aliphatic carbocycles. The third-order valence-electron chi connectivity index (χ3n) is 5.53. The van der Waals surface area contributed by atoms with Crippen LogP contribution in [0.15, 0.2) is 24.3 Å². The molecule has 2 atom stereocenters. The lowest BCUT2D eigenvalue weighted by Crippen LogP contribution is -2.45. The molecule has 1 amide bonds. The van der Waals surface area contributed by atoms with E-state index in [2.05, 4.69) is 0 Å². The van der Waals surface area contributed by atoms with Crippen LogP contribution in [-0.4, -0.2) is 60.6 Å². The van der Waals surface area contributed by atoms with E-state index in [1.807, 2.05) is 0 Å². The highest BCUT2D eigenvalue weighted by Crippen LogP contribution is 2.42. The summed E-state index contributed by atoms with van der Waals surface area (Å²) in [6.45, 7) is 3.38. The third kappa shape index (κ3) is 4.13. The number of aliphatic carboxylic acids is 1. The number of carbonyl (C=O) groups is 3. The number of benzene rings is 1. The average Bonchev–Trinajstić information content (AvgIpc) is 3.06. The summed E-state index contributed by atoms with van der Waals surface area (Å²) >= 11 is 0. The van der Waals surface area contributed by atoms with Gasteiger partial charge in [-0.2, -0.15) is 0 Å². The normalized spacial score (nSPS) is 24.3. The number of ether oxygens (including phenoxy) is 2. The van der Waals surface area contributed by atoms with Crippen LogP contribution in [0.5, 0.6) is 5.75 Å². The van der Waals surface area contributed by atoms with Crippen LogP contribution in [-0.2, 0) is 14.3 Å². The Balaban J connectivity index is 1.48. The maximum Gasteiger partial charge on any atom is 0.311 e. The summed E-state index contributed by atoms with van der Waals surface area (Å²) in [6.07, 6.45) is 1.28. The highest BCUT2D eigenvalue weighted by atomic mass is 16.5. The van der Waals surface area contributed by atoms with Crippen LogP contribution >= 0.6 is 0 Å². The van der Waals surface area contributed by atoms with Gasteiger partial charge in [-0.1, -0.05) is 12.1 Å². The fourth-order valence-corrected chi connectivity index (χ4v) is 3.87. The van der Waals surface area contributed by atoms with Gasteiger partial charge in [-0.05, 0) is 31.9 Å². The van der Waals surface area contributed by atoms with Crippen molar-refractivity contribution in [2.24, 2.45) is 11.3 Å². The second kappa shape index (κ2) is 8.08. The number of fused-ring (bicyclic) bond motifs is 1. The van der Waals surface area contributed by atoms with Crippen LogP contribution in [0.4, 0.5) is 0 Å². The first kappa shape index (κ1) is 19.4. The molecule has 3 rings (SSSR count). The Kier molecular flexibility index (Phi) is 5.79. The minimum absolute atomic E-state index is 0.0255. The lowest BCUT2D eigenvalue weighted by atomic mass is 9.74. The van der Waals surface area contributed by atoms with E-state index in [0.29, 0.717) is 56.9 Å². The van der Waals surface area contributed by atoms with Gasteiger partial charge in [0.25, 0.3) is 0 Å². The number of likely N-dealkylation sites (tertiary alicyclic amines) is 1. The summed E-state index contributed by atoms with van der Waals surface area (Å²) in [5, 5.41) is 9.66. The Morgan fingerprint density at radius 2 is 2.19 bits per heavy atom. The number of hydrogen-bond acceptors (Lipinski definition) is 5. The van der Waals surface area contributed by atoms with Crippen molar-refractivity contribution in [1.82, 2.24) is 4.90 Å². The van der Waals surface area contributed by atoms with Gasteiger partial charge < -0.3 is 19.5 Å². The molecule has 0 aromatic heterocycles. The van der Waals surface area contributed by atoms with Gasteiger partial charge in [0.1, 0.15) is 5.75 Å². The summed E-state index contributed by atoms with van der Waals surface area (Å²) in [5.41, 5.74) is -0.276. The molecule has 1 aromatic rings. The molecular weight excluding hydrogens is 350 g/mol. The van der Waals surface area contributed by atoms with E-state index in [4.69, 9.17) is 9.47 Å². The number of carbonyl (C=O) groups excluding carboxylic acids is 2. The molecule has 7 nitrogen and oxygen atoms in total. The minimum atomic E-state index is -0.864. The smallest absolute Gasteiger partial charge is 0.311 e. The van der Waals surface area contributed by atoms with Crippen LogP contribution in [0.1, 0.15) is 36.5 Å². The number of hydrogen-bond donors (Lipinski definition) is 1. The van der Waals surface area contributed by atoms with Crippen molar-refractivity contribution in [2.75, 3.05) is 32.9 Å². The Bertz CT molecular complexity index is 733. The second-order valence-corrected chi connectivity index (χ2v) is 7.29. The molecule has 146 valence electrons. The SMILES string of the molecule is CC(=O)c1cccc(OCCCC(=O)N2C[C@H]3COCC[C@@]3(C(=O)O)C2)c1. The van der Waals surface area contributed by atoms with Crippen LogP contribution in [0.3, 0.4) is 0 Å². The predicted octanol–water partition coefficient (Wildman–Crippen LogP) is 2.00. The molecule has 2 fully saturated rings. The van der Waals surface area contributed by atoms with Gasteiger partial charge in [-0.25, -0.2) is 0 Å². The van der Waals surface area contributed by atoms with E-state index in [9.17, 15) is 19.5 Å². The Morgan fingerprint density at radius 1 is 1.37 bits per heavy atom. The average molecular weight is 375 g/mol. The van der Waals surface area contributed by atoms with E-state index in [-0.39, 0.29) is 24.2 Å². The number of ketones is 1. The molecule has 0 bridgehead atoms. The third-order valence-corrected chi connectivity index (χ3v) is 5.53. The van der Waals surface area contributed by atoms with Crippen molar-refractivity contribution in [3.63, 3.8) is 0 Å². The van der Waals surface area contributed by atoms with Gasteiger partial charge in [0, 0.05) is 37.6 Å². The van der Waals surface area contributed by atoms with Crippen molar-refractivity contribution in [3.8, 4) is 5.75 Å². The number of amides is 1. The monoisotopic (exact) mass is 375 g/mol. The van der Waals surface area contributed by atoms with E-state index < -0.39 is 11.4 Å². The molecule has 0 saturated carbocycles. The Morgan fingerprint density at radius 3 is 2.89 bits per heavy atom. The molecule has 1 N–H and O–H groups in total. The van der Waals surface area contributed by atoms with Crippen LogP contribution in [0.25, 0.3) is 0 Å². The summed E-state index contributed by atoms with van der Waals surface area (Å²) in [6, 6.07) is 6.95. The molecule has 27 heavy (non-hydrogen) atoms. The van der Waals surface area contributed by atoms with E-state index in [1.165, 1.54) is 6.92 Å². The molecule has 0 radical (unpaired) electrons. The zero-order chi connectivity index (χ0) is 19.4. The molecule has 2 aliphatic rings. The quantitative estimate of drug-likeness (QED) is 0.579. The first-order chi connectivity index (χ1) is 12.9. The topological polar surface area (TPSA) is 93.1 Å². The molecule has 2 heterocycles. The zero-order valence-electron chi connectivity index (χ0n) is 15.5. The zero-order valence-corrected chi connectivity index (χ0v) is 15.5. The molecule has 7 heteroatoms. The number of carboxylic acid groups (broad SMARTS) is 1. The molecule has 0 spiro atoms. The van der Waals surface area contributed by atoms with Crippen molar-refractivity contribution in [3.05, 3.63) is 29.8 Å². The number of nitrogens with zero attached hydrogens (tertiary/aromatic N) is 1. The fraction of sp³-hybridized carbons (Fsp3) is 0.550. The minimum Gasteiger partial charge on any atom is -0.494 e. The van der Waals surface area contributed by atoms with Crippen LogP contribution < -0.4 is 4.74 Å². The highest BCUT2D eigenvalue weighted by molar-refractivity contribution is 5.94. The van der Waals surface area contributed by atoms with E-state index >= 15 is 0 Å². The first-order valence-corrected chi connectivity index (χ1v) is 9.25. The van der Waals surface area contributed by atoms with Gasteiger partial charge in [-0.15, -0.1) is 0 Å². The maximum atomic E-state index is 12.5. The summed E-state index contributed by atoms with van der Waals surface area (Å²) in [7, 11) is 0. The van der Waals surface area contributed by atoms with Gasteiger partial charge in [0.15, 0.2) is 5.78 Å². The summed E-state index contributed by atoms with van der Waals surface area (Å²) in [4.78, 5) is 37.3. The Hall–Kier alpha value is -2.41. The maximum absolute atomic E-state index is 12.5. The molecular formula is C20H25NO6. The predicted molar refractivity (Wildman–Crippen MR) is 96.8 cm³/mol. The van der Waals surface area contributed by atoms with Gasteiger partial charge in [-0.3, -0.25) is 14.4 Å². The van der Waals surface area contributed by atoms with Gasteiger partial charge in [0.2, 0.25) is 5.91 Å². The van der Waals surface area contributed by atoms with Crippen LogP contribution in [0.2, 0.25) is 0 Å². The van der Waals surface area contributed by atoms with E-state index in [1.54, 1.807) is 29.2 Å². The lowest BCUT2D eigenvalue weighted by molar-refractivity contribution is -0.157. The van der Waals surface area contributed by atoms with Gasteiger partial charge in [0.05, 0.1) is 18.6 Å². The molecule has 0 unspecified atom stereocenters. The highest BCUT2D eigenvalue weighted by Gasteiger charge is 2.54. The number of carboxylic acids is 1. The van der Waals surface area contributed by atoms with Crippen molar-refractivity contribution in [1.29, 1.82) is 0 Å².